The van der Waals surface area contributed by atoms with Gasteiger partial charge in [-0.25, -0.2) is 9.78 Å². The number of amides is 1. The molecule has 0 atom stereocenters. The van der Waals surface area contributed by atoms with Crippen molar-refractivity contribution in [2.45, 2.75) is 25.7 Å². The summed E-state index contributed by atoms with van der Waals surface area (Å²) >= 11 is 1.33. The smallest absolute Gasteiger partial charge is 0.341 e. The van der Waals surface area contributed by atoms with E-state index in [4.69, 9.17) is 4.74 Å². The number of carbonyl (C=O) groups is 2. The van der Waals surface area contributed by atoms with Gasteiger partial charge in [-0.3, -0.25) is 9.89 Å². The van der Waals surface area contributed by atoms with Crippen molar-refractivity contribution in [1.29, 1.82) is 0 Å². The molecule has 0 radical (unpaired) electrons. The van der Waals surface area contributed by atoms with Crippen molar-refractivity contribution >= 4 is 28.2 Å². The standard InChI is InChI=1S/C13H14N4O3S/c1-2-20-13(19)9-8(7-3-4-7)5-21-12(9)16-11(18)10-14-6-15-17-10/h5-7H,2-4H2,1H3,(H,16,18)(H,14,15,17). The fraction of sp³-hybridized carbons (Fsp3) is 0.385. The van der Waals surface area contributed by atoms with Gasteiger partial charge in [0.15, 0.2) is 0 Å². The highest BCUT2D eigenvalue weighted by atomic mass is 32.1. The lowest BCUT2D eigenvalue weighted by atomic mass is 10.1. The number of anilines is 1. The van der Waals surface area contributed by atoms with Gasteiger partial charge in [0.05, 0.1) is 12.2 Å². The summed E-state index contributed by atoms with van der Waals surface area (Å²) in [6.07, 6.45) is 3.39. The van der Waals surface area contributed by atoms with Gasteiger partial charge in [-0.15, -0.1) is 11.3 Å². The first-order valence-electron chi connectivity index (χ1n) is 6.66. The van der Waals surface area contributed by atoms with Crippen LogP contribution in [0.2, 0.25) is 0 Å². The second-order valence-corrected chi connectivity index (χ2v) is 5.56. The minimum absolute atomic E-state index is 0.103. The Hall–Kier alpha value is -2.22. The maximum atomic E-state index is 12.1. The van der Waals surface area contributed by atoms with E-state index >= 15 is 0 Å². The molecule has 0 spiro atoms. The Labute approximate surface area is 124 Å². The van der Waals surface area contributed by atoms with Gasteiger partial charge < -0.3 is 10.1 Å². The number of carbonyl (C=O) groups excluding carboxylic acids is 2. The van der Waals surface area contributed by atoms with Crippen LogP contribution in [0.5, 0.6) is 0 Å². The lowest BCUT2D eigenvalue weighted by Crippen LogP contribution is -2.16. The number of aromatic amines is 1. The quantitative estimate of drug-likeness (QED) is 0.825. The minimum atomic E-state index is -0.428. The summed E-state index contributed by atoms with van der Waals surface area (Å²) in [5.74, 6) is -0.321. The molecule has 0 unspecified atom stereocenters. The Morgan fingerprint density at radius 2 is 2.33 bits per heavy atom. The summed E-state index contributed by atoms with van der Waals surface area (Å²) in [5.41, 5.74) is 1.43. The van der Waals surface area contributed by atoms with Crippen molar-refractivity contribution < 1.29 is 14.3 Å². The van der Waals surface area contributed by atoms with Crippen LogP contribution in [0.25, 0.3) is 0 Å². The van der Waals surface area contributed by atoms with E-state index in [2.05, 4.69) is 20.5 Å². The molecule has 110 valence electrons. The van der Waals surface area contributed by atoms with Crippen LogP contribution in [0.3, 0.4) is 0 Å². The van der Waals surface area contributed by atoms with Gasteiger partial charge in [0.1, 0.15) is 11.3 Å². The van der Waals surface area contributed by atoms with E-state index in [1.54, 1.807) is 6.92 Å². The zero-order chi connectivity index (χ0) is 14.8. The van der Waals surface area contributed by atoms with Crippen LogP contribution in [0.15, 0.2) is 11.7 Å². The van der Waals surface area contributed by atoms with Crippen LogP contribution in [-0.2, 0) is 4.74 Å². The Balaban J connectivity index is 1.87. The summed E-state index contributed by atoms with van der Waals surface area (Å²) in [5, 5.41) is 11.2. The van der Waals surface area contributed by atoms with Gasteiger partial charge in [-0.1, -0.05) is 0 Å². The number of nitrogens with zero attached hydrogens (tertiary/aromatic N) is 2. The molecule has 1 amide bonds. The van der Waals surface area contributed by atoms with Crippen LogP contribution >= 0.6 is 11.3 Å². The maximum absolute atomic E-state index is 12.1. The zero-order valence-corrected chi connectivity index (χ0v) is 12.2. The molecule has 2 aromatic rings. The molecule has 0 bridgehead atoms. The first-order chi connectivity index (χ1) is 10.2. The number of ether oxygens (including phenoxy) is 1. The zero-order valence-electron chi connectivity index (χ0n) is 11.4. The molecule has 1 fully saturated rings. The average molecular weight is 306 g/mol. The number of hydrogen-bond donors (Lipinski definition) is 2. The molecule has 7 nitrogen and oxygen atoms in total. The lowest BCUT2D eigenvalue weighted by molar-refractivity contribution is 0.0527. The van der Waals surface area contributed by atoms with E-state index in [0.29, 0.717) is 23.1 Å². The van der Waals surface area contributed by atoms with E-state index in [-0.39, 0.29) is 5.82 Å². The Morgan fingerprint density at radius 1 is 1.52 bits per heavy atom. The summed E-state index contributed by atoms with van der Waals surface area (Å²) < 4.78 is 5.10. The van der Waals surface area contributed by atoms with Gasteiger partial charge in [0.25, 0.3) is 5.91 Å². The topological polar surface area (TPSA) is 97.0 Å². The summed E-state index contributed by atoms with van der Waals surface area (Å²) in [6, 6.07) is 0. The maximum Gasteiger partial charge on any atom is 0.341 e. The molecule has 0 aromatic carbocycles. The van der Waals surface area contributed by atoms with E-state index in [9.17, 15) is 9.59 Å². The number of thiophene rings is 1. The second kappa shape index (κ2) is 5.65. The molecular formula is C13H14N4O3S. The predicted octanol–water partition coefficient (Wildman–Crippen LogP) is 2.17. The van der Waals surface area contributed by atoms with Crippen molar-refractivity contribution in [3.8, 4) is 0 Å². The predicted molar refractivity (Wildman–Crippen MR) is 76.6 cm³/mol. The van der Waals surface area contributed by atoms with Gasteiger partial charge >= 0.3 is 5.97 Å². The number of hydrogen-bond acceptors (Lipinski definition) is 6. The van der Waals surface area contributed by atoms with Gasteiger partial charge in [0.2, 0.25) is 5.82 Å². The molecule has 8 heteroatoms. The fourth-order valence-corrected chi connectivity index (χ4v) is 3.07. The van der Waals surface area contributed by atoms with E-state index in [1.807, 2.05) is 5.38 Å². The van der Waals surface area contributed by atoms with Crippen molar-refractivity contribution in [3.05, 3.63) is 28.7 Å². The van der Waals surface area contributed by atoms with Crippen molar-refractivity contribution in [1.82, 2.24) is 15.2 Å². The lowest BCUT2D eigenvalue weighted by Gasteiger charge is -2.07. The molecule has 0 aliphatic heterocycles. The fourth-order valence-electron chi connectivity index (χ4n) is 2.05. The van der Waals surface area contributed by atoms with Crippen molar-refractivity contribution in [2.24, 2.45) is 0 Å². The highest BCUT2D eigenvalue weighted by Crippen LogP contribution is 2.46. The monoisotopic (exact) mass is 306 g/mol. The average Bonchev–Trinajstić information content (AvgIpc) is 3.01. The third kappa shape index (κ3) is 2.80. The first-order valence-corrected chi connectivity index (χ1v) is 7.54. The summed E-state index contributed by atoms with van der Waals surface area (Å²) in [4.78, 5) is 27.9. The Kier molecular flexibility index (Phi) is 3.70. The second-order valence-electron chi connectivity index (χ2n) is 4.68. The van der Waals surface area contributed by atoms with Gasteiger partial charge in [-0.2, -0.15) is 5.10 Å². The summed E-state index contributed by atoms with van der Waals surface area (Å²) in [6.45, 7) is 2.06. The third-order valence-electron chi connectivity index (χ3n) is 3.17. The van der Waals surface area contributed by atoms with Crippen molar-refractivity contribution in [3.63, 3.8) is 0 Å². The minimum Gasteiger partial charge on any atom is -0.462 e. The molecule has 1 saturated carbocycles. The van der Waals surface area contributed by atoms with Gasteiger partial charge in [0, 0.05) is 0 Å². The number of esters is 1. The molecule has 1 aliphatic carbocycles. The molecule has 1 aliphatic rings. The Morgan fingerprint density at radius 3 is 2.95 bits per heavy atom. The highest BCUT2D eigenvalue weighted by molar-refractivity contribution is 7.15. The largest absolute Gasteiger partial charge is 0.462 e. The number of H-pyrrole nitrogens is 1. The van der Waals surface area contributed by atoms with Crippen LogP contribution in [-0.4, -0.2) is 33.7 Å². The number of aromatic nitrogens is 3. The molecule has 3 rings (SSSR count). The van der Waals surface area contributed by atoms with Crippen LogP contribution in [0.1, 0.15) is 52.2 Å². The molecule has 2 aromatic heterocycles. The molecule has 0 saturated heterocycles. The van der Waals surface area contributed by atoms with Crippen molar-refractivity contribution in [2.75, 3.05) is 11.9 Å². The molecule has 2 N–H and O–H groups in total. The van der Waals surface area contributed by atoms with E-state index in [1.165, 1.54) is 17.7 Å². The highest BCUT2D eigenvalue weighted by Gasteiger charge is 2.32. The molecular weight excluding hydrogens is 292 g/mol. The third-order valence-corrected chi connectivity index (χ3v) is 4.09. The summed E-state index contributed by atoms with van der Waals surface area (Å²) in [7, 11) is 0. The normalized spacial score (nSPS) is 14.0. The number of rotatable bonds is 5. The number of nitrogens with one attached hydrogen (secondary N) is 2. The van der Waals surface area contributed by atoms with E-state index in [0.717, 1.165) is 18.4 Å². The van der Waals surface area contributed by atoms with Crippen LogP contribution < -0.4 is 5.32 Å². The molecule has 21 heavy (non-hydrogen) atoms. The SMILES string of the molecule is CCOC(=O)c1c(C2CC2)csc1NC(=O)c1ncn[nH]1. The molecule has 2 heterocycles. The Bertz CT molecular complexity index is 661. The first kappa shape index (κ1) is 13.7. The van der Waals surface area contributed by atoms with Gasteiger partial charge in [-0.05, 0) is 36.6 Å². The van der Waals surface area contributed by atoms with E-state index < -0.39 is 11.9 Å². The van der Waals surface area contributed by atoms with Crippen LogP contribution in [0.4, 0.5) is 5.00 Å². The van der Waals surface area contributed by atoms with Crippen LogP contribution in [0, 0.1) is 0 Å².